The molecule has 2 aromatic rings. The number of para-hydroxylation sites is 1. The van der Waals surface area contributed by atoms with Gasteiger partial charge in [0, 0.05) is 11.4 Å². The highest BCUT2D eigenvalue weighted by Crippen LogP contribution is 2.31. The van der Waals surface area contributed by atoms with Gasteiger partial charge in [-0.2, -0.15) is 5.23 Å². The number of halogens is 3. The molecule has 132 valence electrons. The number of thioether (sulfide) groups is 1. The molecule has 8 heteroatoms. The van der Waals surface area contributed by atoms with Gasteiger partial charge >= 0.3 is 0 Å². The molecule has 0 aliphatic heterocycles. The highest BCUT2D eigenvalue weighted by Gasteiger charge is 2.21. The number of rotatable bonds is 7. The number of allylic oxidation sites excluding steroid dienone is 1. The third-order valence-corrected chi connectivity index (χ3v) is 5.11. The van der Waals surface area contributed by atoms with Crippen molar-refractivity contribution in [3.8, 4) is 0 Å². The molecule has 0 saturated heterocycles. The number of anilines is 1. The van der Waals surface area contributed by atoms with Crippen molar-refractivity contribution in [2.75, 3.05) is 5.32 Å². The first-order valence-electron chi connectivity index (χ1n) is 7.16. The lowest BCUT2D eigenvalue weighted by Gasteiger charge is -2.20. The van der Waals surface area contributed by atoms with Crippen LogP contribution in [0.3, 0.4) is 0 Å². The van der Waals surface area contributed by atoms with E-state index in [0.717, 1.165) is 11.3 Å². The van der Waals surface area contributed by atoms with E-state index in [-0.39, 0.29) is 15.2 Å². The van der Waals surface area contributed by atoms with Crippen LogP contribution in [0.5, 0.6) is 0 Å². The van der Waals surface area contributed by atoms with Gasteiger partial charge in [-0.1, -0.05) is 95.1 Å². The Balaban J connectivity index is 2.38. The molecular formula is C17H15Cl3N2O2S. The van der Waals surface area contributed by atoms with Crippen LogP contribution in [0.4, 0.5) is 5.69 Å². The second-order valence-corrected chi connectivity index (χ2v) is 7.16. The van der Waals surface area contributed by atoms with Crippen molar-refractivity contribution in [2.45, 2.75) is 5.75 Å². The second-order valence-electron chi connectivity index (χ2n) is 4.85. The fraction of sp³-hybridized carbons (Fsp3) is 0.0588. The molecule has 0 fully saturated rings. The average molecular weight is 418 g/mol. The van der Waals surface area contributed by atoms with E-state index in [0.29, 0.717) is 10.8 Å². The van der Waals surface area contributed by atoms with Gasteiger partial charge in [0.2, 0.25) is 5.70 Å². The third-order valence-electron chi connectivity index (χ3n) is 3.08. The van der Waals surface area contributed by atoms with Crippen LogP contribution < -0.4 is 10.5 Å². The molecule has 0 aliphatic rings. The Morgan fingerprint density at radius 2 is 1.56 bits per heavy atom. The Morgan fingerprint density at radius 1 is 1.00 bits per heavy atom. The zero-order chi connectivity index (χ0) is 18.2. The van der Waals surface area contributed by atoms with Crippen molar-refractivity contribution in [1.82, 2.24) is 0 Å². The van der Waals surface area contributed by atoms with Gasteiger partial charge in [0.25, 0.3) is 0 Å². The summed E-state index contributed by atoms with van der Waals surface area (Å²) < 4.78 is -0.299. The van der Waals surface area contributed by atoms with E-state index in [1.165, 1.54) is 11.8 Å². The molecule has 1 atom stereocenters. The van der Waals surface area contributed by atoms with Crippen LogP contribution in [0.1, 0.15) is 5.56 Å². The first-order valence-corrected chi connectivity index (χ1v) is 9.28. The maximum atomic E-state index is 11.7. The summed E-state index contributed by atoms with van der Waals surface area (Å²) in [6.07, 6.45) is 0. The van der Waals surface area contributed by atoms with E-state index in [4.69, 9.17) is 34.8 Å². The van der Waals surface area contributed by atoms with Crippen molar-refractivity contribution in [2.24, 2.45) is 0 Å². The van der Waals surface area contributed by atoms with E-state index in [9.17, 15) is 10.4 Å². The molecule has 0 bridgehead atoms. The molecule has 0 aliphatic carbocycles. The van der Waals surface area contributed by atoms with Gasteiger partial charge in [0.1, 0.15) is 14.6 Å². The minimum Gasteiger partial charge on any atom is -0.595 e. The predicted molar refractivity (Wildman–Crippen MR) is 106 cm³/mol. The van der Waals surface area contributed by atoms with Crippen LogP contribution in [-0.4, -0.2) is 5.21 Å². The predicted octanol–water partition coefficient (Wildman–Crippen LogP) is 4.86. The zero-order valence-electron chi connectivity index (χ0n) is 12.9. The van der Waals surface area contributed by atoms with Gasteiger partial charge in [0.15, 0.2) is 0 Å². The standard InChI is InChI=1S/C17H15Cl3N2O2S/c18-14(16(19)20)15(22(23)24)17(21-13-9-5-2-6-10-13)25-11-12-7-3-1-4-8-12/h1-10,21-23H,11H2/b17-15+. The van der Waals surface area contributed by atoms with Crippen molar-refractivity contribution in [3.63, 3.8) is 0 Å². The van der Waals surface area contributed by atoms with E-state index in [1.807, 2.05) is 60.7 Å². The van der Waals surface area contributed by atoms with Gasteiger partial charge in [-0.05, 0) is 17.7 Å². The van der Waals surface area contributed by atoms with Crippen LogP contribution >= 0.6 is 46.6 Å². The Hall–Kier alpha value is -1.18. The summed E-state index contributed by atoms with van der Waals surface area (Å²) in [5.41, 5.74) is 1.60. The lowest BCUT2D eigenvalue weighted by Crippen LogP contribution is -3.03. The minimum atomic E-state index is -1.22. The van der Waals surface area contributed by atoms with Crippen LogP contribution in [0, 0.1) is 5.21 Å². The topological polar surface area (TPSA) is 59.8 Å². The molecule has 0 radical (unpaired) electrons. The maximum Gasteiger partial charge on any atom is 0.215 e. The van der Waals surface area contributed by atoms with Gasteiger partial charge in [0.05, 0.1) is 0 Å². The quantitative estimate of drug-likeness (QED) is 0.445. The summed E-state index contributed by atoms with van der Waals surface area (Å²) in [5, 5.41) is 23.3. The molecule has 1 unspecified atom stereocenters. The maximum absolute atomic E-state index is 11.7. The largest absolute Gasteiger partial charge is 0.595 e. The highest BCUT2D eigenvalue weighted by atomic mass is 35.5. The van der Waals surface area contributed by atoms with Crippen LogP contribution in [0.15, 0.2) is 80.9 Å². The van der Waals surface area contributed by atoms with Crippen molar-refractivity contribution in [1.29, 1.82) is 0 Å². The summed E-state index contributed by atoms with van der Waals surface area (Å²) in [6, 6.07) is 18.9. The van der Waals surface area contributed by atoms with Crippen molar-refractivity contribution >= 4 is 52.3 Å². The average Bonchev–Trinajstić information content (AvgIpc) is 2.61. The fourth-order valence-corrected chi connectivity index (χ4v) is 3.39. The van der Waals surface area contributed by atoms with Crippen LogP contribution in [-0.2, 0) is 5.75 Å². The van der Waals surface area contributed by atoms with Gasteiger partial charge in [-0.3, -0.25) is 0 Å². The molecule has 2 rings (SSSR count). The molecule has 0 heterocycles. The Bertz CT molecular complexity index is 749. The van der Waals surface area contributed by atoms with Crippen LogP contribution in [0.25, 0.3) is 0 Å². The highest BCUT2D eigenvalue weighted by molar-refractivity contribution is 8.02. The minimum absolute atomic E-state index is 0.175. The van der Waals surface area contributed by atoms with Gasteiger partial charge in [-0.25, -0.2) is 5.21 Å². The fourth-order valence-electron chi connectivity index (χ4n) is 1.94. The lowest BCUT2D eigenvalue weighted by molar-refractivity contribution is -1.01. The zero-order valence-corrected chi connectivity index (χ0v) is 16.0. The van der Waals surface area contributed by atoms with E-state index in [2.05, 4.69) is 5.32 Å². The summed E-state index contributed by atoms with van der Waals surface area (Å²) in [5.74, 6) is 0.552. The molecule has 0 amide bonds. The molecule has 0 aromatic heterocycles. The monoisotopic (exact) mass is 416 g/mol. The molecule has 2 aromatic carbocycles. The SMILES string of the molecule is [O-][NH+](O)/C(C(Cl)=C(Cl)Cl)=C(\Nc1ccccc1)SCc1ccccc1. The number of hydrogen-bond acceptors (Lipinski definition) is 4. The summed E-state index contributed by atoms with van der Waals surface area (Å²) >= 11 is 18.8. The smallest absolute Gasteiger partial charge is 0.215 e. The number of hydroxylamine groups is 2. The van der Waals surface area contributed by atoms with Gasteiger partial charge < -0.3 is 10.5 Å². The summed E-state index contributed by atoms with van der Waals surface area (Å²) in [4.78, 5) is 0. The number of benzene rings is 2. The number of hydrogen-bond donors (Lipinski definition) is 3. The number of nitrogens with one attached hydrogen (secondary N) is 2. The molecule has 25 heavy (non-hydrogen) atoms. The van der Waals surface area contributed by atoms with E-state index < -0.39 is 5.23 Å². The first-order chi connectivity index (χ1) is 12.0. The normalized spacial score (nSPS) is 13.0. The molecular weight excluding hydrogens is 403 g/mol. The molecule has 0 saturated carbocycles. The van der Waals surface area contributed by atoms with Gasteiger partial charge in [-0.15, -0.1) is 0 Å². The Labute approximate surface area is 165 Å². The Kier molecular flexibility index (Phi) is 8.12. The molecule has 4 nitrogen and oxygen atoms in total. The summed E-state index contributed by atoms with van der Waals surface area (Å²) in [7, 11) is 0. The van der Waals surface area contributed by atoms with E-state index in [1.54, 1.807) is 0 Å². The lowest BCUT2D eigenvalue weighted by atomic mass is 10.2. The first kappa shape index (κ1) is 20.1. The molecule has 0 spiro atoms. The van der Waals surface area contributed by atoms with Crippen molar-refractivity contribution < 1.29 is 10.4 Å². The van der Waals surface area contributed by atoms with Crippen molar-refractivity contribution in [3.05, 3.63) is 91.7 Å². The second kappa shape index (κ2) is 10.1. The Morgan fingerprint density at radius 3 is 2.08 bits per heavy atom. The number of quaternary nitrogens is 1. The van der Waals surface area contributed by atoms with E-state index >= 15 is 0 Å². The van der Waals surface area contributed by atoms with Crippen LogP contribution in [0.2, 0.25) is 0 Å². The summed E-state index contributed by atoms with van der Waals surface area (Å²) in [6.45, 7) is 0. The molecule has 3 N–H and O–H groups in total. The third kappa shape index (κ3) is 6.24.